The van der Waals surface area contributed by atoms with Crippen LogP contribution in [0.15, 0.2) is 83.3 Å². The fraction of sp³-hybridized carbons (Fsp3) is 0.333. The predicted molar refractivity (Wildman–Crippen MR) is 166 cm³/mol. The summed E-state index contributed by atoms with van der Waals surface area (Å²) >= 11 is 0. The van der Waals surface area contributed by atoms with Crippen LogP contribution in [0, 0.1) is 30.6 Å². The van der Waals surface area contributed by atoms with Gasteiger partial charge in [0, 0.05) is 17.7 Å². The number of nitrogens with zero attached hydrogens (tertiary/aromatic N) is 2. The molecule has 0 spiro atoms. The summed E-state index contributed by atoms with van der Waals surface area (Å²) in [5, 5.41) is 10.6. The summed E-state index contributed by atoms with van der Waals surface area (Å²) in [6, 6.07) is 22.2. The number of ether oxygens (including phenoxy) is 2. The number of methoxy groups -OCH3 is 1. The van der Waals surface area contributed by atoms with E-state index in [1.807, 2.05) is 61.2 Å². The van der Waals surface area contributed by atoms with Crippen LogP contribution in [0.3, 0.4) is 0 Å². The maximum Gasteiger partial charge on any atom is 0.162 e. The number of rotatable bonds is 7. The molecule has 0 aromatic heterocycles. The summed E-state index contributed by atoms with van der Waals surface area (Å²) in [6.07, 6.45) is 1.91. The van der Waals surface area contributed by atoms with E-state index in [1.54, 1.807) is 7.11 Å². The number of nitriles is 1. The number of hydrogen-bond donors (Lipinski definition) is 1. The Balaban J connectivity index is 1.66. The van der Waals surface area contributed by atoms with Crippen LogP contribution in [0.25, 0.3) is 0 Å². The highest BCUT2D eigenvalue weighted by Crippen LogP contribution is 2.51. The third-order valence-corrected chi connectivity index (χ3v) is 8.46. The summed E-state index contributed by atoms with van der Waals surface area (Å²) in [6.45, 7) is 10.8. The highest BCUT2D eigenvalue weighted by atomic mass is 16.5. The molecular weight excluding hydrogens is 522 g/mol. The van der Waals surface area contributed by atoms with E-state index in [-0.39, 0.29) is 11.2 Å². The molecule has 0 radical (unpaired) electrons. The maximum absolute atomic E-state index is 14.1. The van der Waals surface area contributed by atoms with E-state index in [2.05, 4.69) is 45.0 Å². The van der Waals surface area contributed by atoms with Crippen molar-refractivity contribution in [1.29, 1.82) is 5.26 Å². The van der Waals surface area contributed by atoms with Crippen molar-refractivity contribution in [1.82, 2.24) is 0 Å². The van der Waals surface area contributed by atoms with E-state index in [0.717, 1.165) is 57.1 Å². The van der Waals surface area contributed by atoms with Gasteiger partial charge in [0.15, 0.2) is 5.78 Å². The first-order valence-corrected chi connectivity index (χ1v) is 14.5. The molecule has 0 saturated heterocycles. The second-order valence-corrected chi connectivity index (χ2v) is 12.1. The van der Waals surface area contributed by atoms with Crippen molar-refractivity contribution in [2.75, 3.05) is 12.0 Å². The molecule has 6 nitrogen and oxygen atoms in total. The first-order chi connectivity index (χ1) is 20.1. The number of carbonyl (C=O) groups is 1. The van der Waals surface area contributed by atoms with E-state index in [4.69, 9.17) is 15.2 Å². The number of benzene rings is 3. The molecule has 1 aliphatic heterocycles. The molecule has 5 rings (SSSR count). The van der Waals surface area contributed by atoms with Gasteiger partial charge in [0.1, 0.15) is 23.9 Å². The van der Waals surface area contributed by atoms with Crippen LogP contribution in [-0.2, 0) is 17.8 Å². The molecule has 1 heterocycles. The molecule has 42 heavy (non-hydrogen) atoms. The first-order valence-electron chi connectivity index (χ1n) is 14.5. The zero-order valence-corrected chi connectivity index (χ0v) is 25.4. The summed E-state index contributed by atoms with van der Waals surface area (Å²) in [5.74, 6) is 1.42. The number of hydrogen-bond acceptors (Lipinski definition) is 6. The van der Waals surface area contributed by atoms with Crippen molar-refractivity contribution in [3.8, 4) is 17.6 Å². The topological polar surface area (TPSA) is 88.6 Å². The number of allylic oxidation sites excluding steroid dienone is 3. The third-order valence-electron chi connectivity index (χ3n) is 8.46. The molecule has 1 unspecified atom stereocenters. The Morgan fingerprint density at radius 3 is 2.38 bits per heavy atom. The smallest absolute Gasteiger partial charge is 0.162 e. The standard InChI is InChI=1S/C36H39N3O3/c1-7-24-10-8-9-11-30(24)39-31-18-36(4,5)19-32(40)34(31)33(29(20-37)35(39)38)28-17-22(2)16-25(23(28)3)21-42-27-14-12-26(41-6)13-15-27/h8-17,33H,7,18-19,21,38H2,1-6H3. The Bertz CT molecular complexity index is 1640. The normalized spacial score (nSPS) is 18.1. The van der Waals surface area contributed by atoms with Crippen LogP contribution in [-0.4, -0.2) is 12.9 Å². The van der Waals surface area contributed by atoms with Gasteiger partial charge in [0.25, 0.3) is 0 Å². The maximum atomic E-state index is 14.1. The van der Waals surface area contributed by atoms with Crippen molar-refractivity contribution in [2.45, 2.75) is 66.4 Å². The van der Waals surface area contributed by atoms with Crippen molar-refractivity contribution in [3.05, 3.63) is 111 Å². The highest BCUT2D eigenvalue weighted by Gasteiger charge is 2.45. The van der Waals surface area contributed by atoms with Crippen LogP contribution in [0.1, 0.15) is 67.3 Å². The van der Waals surface area contributed by atoms with Gasteiger partial charge in [0.05, 0.1) is 30.4 Å². The minimum Gasteiger partial charge on any atom is -0.497 e. The second-order valence-electron chi connectivity index (χ2n) is 12.1. The van der Waals surface area contributed by atoms with Gasteiger partial charge in [-0.05, 0) is 84.7 Å². The van der Waals surface area contributed by atoms with E-state index in [9.17, 15) is 10.1 Å². The lowest BCUT2D eigenvalue weighted by atomic mass is 9.67. The fourth-order valence-electron chi connectivity index (χ4n) is 6.37. The molecule has 0 amide bonds. The van der Waals surface area contributed by atoms with Gasteiger partial charge in [0.2, 0.25) is 0 Å². The largest absolute Gasteiger partial charge is 0.497 e. The fourth-order valence-corrected chi connectivity index (χ4v) is 6.37. The monoisotopic (exact) mass is 561 g/mol. The Labute approximate surface area is 249 Å². The van der Waals surface area contributed by atoms with Crippen LogP contribution in [0.4, 0.5) is 5.69 Å². The summed E-state index contributed by atoms with van der Waals surface area (Å²) in [5.41, 5.74) is 14.7. The van der Waals surface area contributed by atoms with Crippen molar-refractivity contribution >= 4 is 11.5 Å². The number of carbonyl (C=O) groups excluding carboxylic acids is 1. The lowest BCUT2D eigenvalue weighted by Gasteiger charge is -2.44. The van der Waals surface area contributed by atoms with Crippen LogP contribution in [0.2, 0.25) is 0 Å². The molecule has 2 N–H and O–H groups in total. The Hall–Kier alpha value is -4.50. The number of Topliss-reactive ketones (excluding diaryl/α,β-unsaturated/α-hetero) is 1. The molecule has 3 aromatic carbocycles. The van der Waals surface area contributed by atoms with Gasteiger partial charge in [-0.15, -0.1) is 0 Å². The SMILES string of the molecule is CCc1ccccc1N1C(N)=C(C#N)C(c2cc(C)cc(COc3ccc(OC)cc3)c2C)C2=C1CC(C)(C)CC2=O. The van der Waals surface area contributed by atoms with Crippen molar-refractivity contribution < 1.29 is 14.3 Å². The lowest BCUT2D eigenvalue weighted by molar-refractivity contribution is -0.118. The summed E-state index contributed by atoms with van der Waals surface area (Å²) in [4.78, 5) is 16.1. The number of aryl methyl sites for hydroxylation is 2. The number of para-hydroxylation sites is 1. The molecule has 0 fully saturated rings. The first kappa shape index (κ1) is 29.0. The van der Waals surface area contributed by atoms with E-state index in [0.29, 0.717) is 36.4 Å². The average molecular weight is 562 g/mol. The second kappa shape index (κ2) is 11.4. The van der Waals surface area contributed by atoms with E-state index >= 15 is 0 Å². The van der Waals surface area contributed by atoms with Crippen LogP contribution >= 0.6 is 0 Å². The number of ketones is 1. The zero-order chi connectivity index (χ0) is 30.2. The van der Waals surface area contributed by atoms with Crippen LogP contribution < -0.4 is 20.1 Å². The van der Waals surface area contributed by atoms with E-state index < -0.39 is 5.92 Å². The molecule has 1 aliphatic carbocycles. The van der Waals surface area contributed by atoms with Crippen LogP contribution in [0.5, 0.6) is 11.5 Å². The molecule has 0 saturated carbocycles. The Kier molecular flexibility index (Phi) is 7.88. The molecule has 1 atom stereocenters. The molecule has 0 bridgehead atoms. The third kappa shape index (κ3) is 5.27. The van der Waals surface area contributed by atoms with Gasteiger partial charge in [-0.25, -0.2) is 0 Å². The molecular formula is C36H39N3O3. The van der Waals surface area contributed by atoms with Gasteiger partial charge in [-0.1, -0.05) is 56.7 Å². The number of anilines is 1. The quantitative estimate of drug-likeness (QED) is 0.323. The molecule has 3 aromatic rings. The van der Waals surface area contributed by atoms with Gasteiger partial charge in [-0.3, -0.25) is 9.69 Å². The van der Waals surface area contributed by atoms with Gasteiger partial charge >= 0.3 is 0 Å². The van der Waals surface area contributed by atoms with Gasteiger partial charge in [-0.2, -0.15) is 5.26 Å². The van der Waals surface area contributed by atoms with E-state index in [1.165, 1.54) is 0 Å². The number of nitrogens with two attached hydrogens (primary N) is 1. The minimum atomic E-state index is -0.543. The summed E-state index contributed by atoms with van der Waals surface area (Å²) in [7, 11) is 1.64. The van der Waals surface area contributed by atoms with Crippen molar-refractivity contribution in [2.24, 2.45) is 11.1 Å². The molecule has 6 heteroatoms. The minimum absolute atomic E-state index is 0.0717. The lowest BCUT2D eigenvalue weighted by Crippen LogP contribution is -2.42. The summed E-state index contributed by atoms with van der Waals surface area (Å²) < 4.78 is 11.4. The molecule has 216 valence electrons. The Morgan fingerprint density at radius 1 is 1.02 bits per heavy atom. The average Bonchev–Trinajstić information content (AvgIpc) is 2.96. The predicted octanol–water partition coefficient (Wildman–Crippen LogP) is 7.39. The zero-order valence-electron chi connectivity index (χ0n) is 25.4. The highest BCUT2D eigenvalue weighted by molar-refractivity contribution is 6.02. The molecule has 2 aliphatic rings. The van der Waals surface area contributed by atoms with Gasteiger partial charge < -0.3 is 15.2 Å². The Morgan fingerprint density at radius 2 is 1.71 bits per heavy atom. The van der Waals surface area contributed by atoms with Crippen molar-refractivity contribution in [3.63, 3.8) is 0 Å².